The molecule has 0 aliphatic rings. The molecule has 0 atom stereocenters. The lowest BCUT2D eigenvalue weighted by atomic mass is 10.1. The van der Waals surface area contributed by atoms with Crippen LogP contribution in [-0.2, 0) is 16.0 Å². The third kappa shape index (κ3) is 4.46. The summed E-state index contributed by atoms with van der Waals surface area (Å²) in [5, 5.41) is 4.05. The molecule has 1 heterocycles. The summed E-state index contributed by atoms with van der Waals surface area (Å²) >= 11 is 11.8. The third-order valence-electron chi connectivity index (χ3n) is 4.42. The molecule has 0 aliphatic carbocycles. The quantitative estimate of drug-likeness (QED) is 0.633. The Hall–Kier alpha value is -2.57. The predicted molar refractivity (Wildman–Crippen MR) is 109 cm³/mol. The highest BCUT2D eigenvalue weighted by molar-refractivity contribution is 6.42. The van der Waals surface area contributed by atoms with Gasteiger partial charge in [0.25, 0.3) is 0 Å². The highest BCUT2D eigenvalue weighted by Gasteiger charge is 2.18. The summed E-state index contributed by atoms with van der Waals surface area (Å²) in [6.45, 7) is 1.70. The van der Waals surface area contributed by atoms with Gasteiger partial charge in [0.2, 0.25) is 11.8 Å². The number of nitrogens with zero attached hydrogens (tertiary/aromatic N) is 1. The van der Waals surface area contributed by atoms with Crippen LogP contribution in [0.1, 0.15) is 11.3 Å². The van der Waals surface area contributed by atoms with E-state index in [0.29, 0.717) is 21.1 Å². The lowest BCUT2D eigenvalue weighted by Crippen LogP contribution is -2.35. The first-order valence-electron chi connectivity index (χ1n) is 8.50. The van der Waals surface area contributed by atoms with E-state index in [9.17, 15) is 14.0 Å². The van der Waals surface area contributed by atoms with Crippen molar-refractivity contribution in [3.05, 3.63) is 63.5 Å². The van der Waals surface area contributed by atoms with Crippen molar-refractivity contribution in [1.29, 1.82) is 0 Å². The van der Waals surface area contributed by atoms with Crippen LogP contribution in [0.3, 0.4) is 0 Å². The number of aryl methyl sites for hydroxylation is 1. The summed E-state index contributed by atoms with van der Waals surface area (Å²) in [7, 11) is 1.54. The van der Waals surface area contributed by atoms with E-state index in [1.165, 1.54) is 23.1 Å². The van der Waals surface area contributed by atoms with Crippen LogP contribution in [0.4, 0.5) is 10.1 Å². The molecule has 5 nitrogen and oxygen atoms in total. The second kappa shape index (κ2) is 8.20. The number of rotatable bonds is 5. The topological polar surface area (TPSA) is 65.2 Å². The van der Waals surface area contributed by atoms with Crippen molar-refractivity contribution in [2.45, 2.75) is 13.3 Å². The van der Waals surface area contributed by atoms with E-state index in [1.807, 2.05) is 6.92 Å². The Kier molecular flexibility index (Phi) is 5.91. The maximum Gasteiger partial charge on any atom is 0.243 e. The summed E-state index contributed by atoms with van der Waals surface area (Å²) in [5.74, 6) is -0.983. The van der Waals surface area contributed by atoms with E-state index >= 15 is 0 Å². The fraction of sp³-hybridized carbons (Fsp3) is 0.200. The number of carbonyl (C=O) groups excluding carboxylic acids is 2. The second-order valence-electron chi connectivity index (χ2n) is 6.52. The zero-order valence-corrected chi connectivity index (χ0v) is 16.8. The Labute approximate surface area is 171 Å². The van der Waals surface area contributed by atoms with E-state index < -0.39 is 0 Å². The van der Waals surface area contributed by atoms with Gasteiger partial charge in [0, 0.05) is 29.3 Å². The lowest BCUT2D eigenvalue weighted by molar-refractivity contribution is -0.132. The minimum atomic E-state index is -0.366. The summed E-state index contributed by atoms with van der Waals surface area (Å²) in [4.78, 5) is 29.3. The highest BCUT2D eigenvalue weighted by atomic mass is 35.5. The minimum absolute atomic E-state index is 0.0613. The summed E-state index contributed by atoms with van der Waals surface area (Å²) in [6.07, 6.45) is 0.0613. The Morgan fingerprint density at radius 3 is 2.61 bits per heavy atom. The molecule has 0 fully saturated rings. The minimum Gasteiger partial charge on any atom is -0.358 e. The molecule has 28 heavy (non-hydrogen) atoms. The molecular formula is C20H18Cl2FN3O2. The summed E-state index contributed by atoms with van der Waals surface area (Å²) < 4.78 is 13.6. The molecule has 0 saturated carbocycles. The first kappa shape index (κ1) is 20.2. The molecule has 8 heteroatoms. The number of nitrogens with one attached hydrogen (secondary N) is 2. The predicted octanol–water partition coefficient (Wildman–Crippen LogP) is 4.56. The molecule has 2 N–H and O–H groups in total. The number of aromatic amines is 1. The van der Waals surface area contributed by atoms with Gasteiger partial charge in [0.05, 0.1) is 23.0 Å². The van der Waals surface area contributed by atoms with Crippen molar-refractivity contribution < 1.29 is 14.0 Å². The van der Waals surface area contributed by atoms with Crippen molar-refractivity contribution in [2.75, 3.05) is 18.9 Å². The molecule has 0 aliphatic heterocycles. The van der Waals surface area contributed by atoms with E-state index in [0.717, 1.165) is 16.8 Å². The van der Waals surface area contributed by atoms with E-state index in [4.69, 9.17) is 23.2 Å². The van der Waals surface area contributed by atoms with Gasteiger partial charge < -0.3 is 15.2 Å². The zero-order chi connectivity index (χ0) is 20.4. The average Bonchev–Trinajstić information content (AvgIpc) is 2.93. The molecule has 2 aromatic carbocycles. The Balaban J connectivity index is 1.66. The first-order valence-corrected chi connectivity index (χ1v) is 9.25. The number of carbonyl (C=O) groups is 2. The van der Waals surface area contributed by atoms with Crippen LogP contribution in [0.5, 0.6) is 0 Å². The van der Waals surface area contributed by atoms with Gasteiger partial charge in [-0.05, 0) is 48.9 Å². The largest absolute Gasteiger partial charge is 0.358 e. The number of hydrogen-bond donors (Lipinski definition) is 2. The molecular weight excluding hydrogens is 404 g/mol. The van der Waals surface area contributed by atoms with Gasteiger partial charge in [-0.15, -0.1) is 0 Å². The normalized spacial score (nSPS) is 10.9. The smallest absolute Gasteiger partial charge is 0.243 e. The fourth-order valence-electron chi connectivity index (χ4n) is 2.95. The van der Waals surface area contributed by atoms with E-state index in [-0.39, 0.29) is 30.6 Å². The molecule has 0 radical (unpaired) electrons. The Morgan fingerprint density at radius 2 is 1.89 bits per heavy atom. The Morgan fingerprint density at radius 1 is 1.14 bits per heavy atom. The SMILES string of the molecule is Cc1[nH]c2ccc(F)cc2c1CC(=O)N(C)CC(=O)Nc1ccc(Cl)c(Cl)c1. The highest BCUT2D eigenvalue weighted by Crippen LogP contribution is 2.25. The first-order chi connectivity index (χ1) is 13.2. The van der Waals surface area contributed by atoms with Crippen molar-refractivity contribution in [2.24, 2.45) is 0 Å². The van der Waals surface area contributed by atoms with Gasteiger partial charge in [-0.2, -0.15) is 0 Å². The molecule has 1 aromatic heterocycles. The van der Waals surface area contributed by atoms with Crippen LogP contribution >= 0.6 is 23.2 Å². The van der Waals surface area contributed by atoms with Crippen LogP contribution in [0, 0.1) is 12.7 Å². The molecule has 0 bridgehead atoms. The maximum atomic E-state index is 13.6. The molecule has 146 valence electrons. The van der Waals surface area contributed by atoms with Gasteiger partial charge in [0.15, 0.2) is 0 Å². The summed E-state index contributed by atoms with van der Waals surface area (Å²) in [6, 6.07) is 9.14. The Bertz CT molecular complexity index is 1070. The third-order valence-corrected chi connectivity index (χ3v) is 5.16. The average molecular weight is 422 g/mol. The van der Waals surface area contributed by atoms with E-state index in [2.05, 4.69) is 10.3 Å². The summed E-state index contributed by atoms with van der Waals surface area (Å²) in [5.41, 5.74) is 2.77. The number of halogens is 3. The van der Waals surface area contributed by atoms with E-state index in [1.54, 1.807) is 25.2 Å². The van der Waals surface area contributed by atoms with Gasteiger partial charge in [-0.1, -0.05) is 23.2 Å². The standard InChI is InChI=1S/C20H18Cl2FN3O2/c1-11-14(15-7-12(23)3-6-18(15)24-11)9-20(28)26(2)10-19(27)25-13-4-5-16(21)17(22)8-13/h3-8,24H,9-10H2,1-2H3,(H,25,27). The second-order valence-corrected chi connectivity index (χ2v) is 7.34. The number of hydrogen-bond acceptors (Lipinski definition) is 2. The van der Waals surface area contributed by atoms with Gasteiger partial charge in [-0.25, -0.2) is 4.39 Å². The van der Waals surface area contributed by atoms with Crippen molar-refractivity contribution in [3.63, 3.8) is 0 Å². The molecule has 0 unspecified atom stereocenters. The number of fused-ring (bicyclic) bond motifs is 1. The number of amides is 2. The van der Waals surface area contributed by atoms with Gasteiger partial charge in [0.1, 0.15) is 5.82 Å². The monoisotopic (exact) mass is 421 g/mol. The zero-order valence-electron chi connectivity index (χ0n) is 15.3. The van der Waals surface area contributed by atoms with Crippen LogP contribution in [0.15, 0.2) is 36.4 Å². The van der Waals surface area contributed by atoms with Crippen molar-refractivity contribution in [3.8, 4) is 0 Å². The van der Waals surface area contributed by atoms with Crippen LogP contribution < -0.4 is 5.32 Å². The van der Waals surface area contributed by atoms with Crippen LogP contribution in [-0.4, -0.2) is 35.3 Å². The molecule has 3 aromatic rings. The molecule has 0 saturated heterocycles. The maximum absolute atomic E-state index is 13.6. The number of H-pyrrole nitrogens is 1. The fourth-order valence-corrected chi connectivity index (χ4v) is 3.24. The van der Waals surface area contributed by atoms with Gasteiger partial charge >= 0.3 is 0 Å². The molecule has 3 rings (SSSR count). The van der Waals surface area contributed by atoms with Crippen LogP contribution in [0.25, 0.3) is 10.9 Å². The number of likely N-dealkylation sites (N-methyl/N-ethyl adjacent to an activating group) is 1. The van der Waals surface area contributed by atoms with Crippen molar-refractivity contribution >= 4 is 51.6 Å². The molecule has 0 spiro atoms. The van der Waals surface area contributed by atoms with Gasteiger partial charge in [-0.3, -0.25) is 9.59 Å². The van der Waals surface area contributed by atoms with Crippen LogP contribution in [0.2, 0.25) is 10.0 Å². The number of aromatic nitrogens is 1. The molecule has 2 amide bonds. The number of benzene rings is 2. The number of anilines is 1. The van der Waals surface area contributed by atoms with Crippen molar-refractivity contribution in [1.82, 2.24) is 9.88 Å². The lowest BCUT2D eigenvalue weighted by Gasteiger charge is -2.17.